The monoisotopic (exact) mass is 392 g/mol. The van der Waals surface area contributed by atoms with Gasteiger partial charge in [0.15, 0.2) is 0 Å². The fraction of sp³-hybridized carbons (Fsp3) is 0.400. The summed E-state index contributed by atoms with van der Waals surface area (Å²) >= 11 is 7.57. The molecular weight excluding hydrogens is 368 g/mol. The zero-order chi connectivity index (χ0) is 19.4. The van der Waals surface area contributed by atoms with Gasteiger partial charge < -0.3 is 10.6 Å². The van der Waals surface area contributed by atoms with Crippen LogP contribution in [0.1, 0.15) is 52.5 Å². The summed E-state index contributed by atoms with van der Waals surface area (Å²) in [5.41, 5.74) is 1.59. The van der Waals surface area contributed by atoms with Gasteiger partial charge in [-0.15, -0.1) is 11.3 Å². The van der Waals surface area contributed by atoms with Crippen molar-refractivity contribution in [2.24, 2.45) is 5.92 Å². The number of amides is 2. The Bertz CT molecular complexity index is 784. The van der Waals surface area contributed by atoms with Crippen LogP contribution in [0.4, 0.5) is 0 Å². The van der Waals surface area contributed by atoms with E-state index in [0.29, 0.717) is 10.6 Å². The minimum atomic E-state index is -0.610. The van der Waals surface area contributed by atoms with E-state index in [1.54, 1.807) is 35.6 Å². The summed E-state index contributed by atoms with van der Waals surface area (Å²) in [4.78, 5) is 27.6. The maximum absolute atomic E-state index is 12.8. The third-order valence-corrected chi connectivity index (χ3v) is 5.48. The van der Waals surface area contributed by atoms with Gasteiger partial charge in [-0.3, -0.25) is 9.59 Å². The molecule has 0 fully saturated rings. The molecule has 140 valence electrons. The maximum Gasteiger partial charge on any atom is 0.251 e. The molecule has 4 nitrogen and oxygen atoms in total. The minimum absolute atomic E-state index is 0.0382. The lowest BCUT2D eigenvalue weighted by atomic mass is 10.0. The van der Waals surface area contributed by atoms with Crippen molar-refractivity contribution in [2.75, 3.05) is 0 Å². The van der Waals surface area contributed by atoms with Crippen LogP contribution in [0, 0.1) is 19.8 Å². The second-order valence-corrected chi connectivity index (χ2v) is 8.70. The second kappa shape index (κ2) is 8.69. The molecule has 0 unspecified atom stereocenters. The van der Waals surface area contributed by atoms with Crippen molar-refractivity contribution in [3.8, 4) is 0 Å². The van der Waals surface area contributed by atoms with Crippen LogP contribution >= 0.6 is 22.9 Å². The number of hydrogen-bond donors (Lipinski definition) is 2. The summed E-state index contributed by atoms with van der Waals surface area (Å²) in [5.74, 6) is -0.507. The summed E-state index contributed by atoms with van der Waals surface area (Å²) in [6, 6.07) is 7.98. The quantitative estimate of drug-likeness (QED) is 0.751. The molecule has 2 rings (SSSR count). The molecule has 0 spiro atoms. The molecule has 26 heavy (non-hydrogen) atoms. The van der Waals surface area contributed by atoms with Crippen LogP contribution in [0.5, 0.6) is 0 Å². The number of benzene rings is 1. The lowest BCUT2D eigenvalue weighted by Gasteiger charge is -2.24. The van der Waals surface area contributed by atoms with E-state index < -0.39 is 6.04 Å². The van der Waals surface area contributed by atoms with Gasteiger partial charge in [0.2, 0.25) is 5.91 Å². The van der Waals surface area contributed by atoms with Gasteiger partial charge in [0.1, 0.15) is 6.04 Å². The second-order valence-electron chi connectivity index (χ2n) is 6.80. The highest BCUT2D eigenvalue weighted by molar-refractivity contribution is 7.12. The van der Waals surface area contributed by atoms with Crippen LogP contribution in [0.2, 0.25) is 5.02 Å². The number of halogens is 1. The molecule has 0 radical (unpaired) electrons. The largest absolute Gasteiger partial charge is 0.348 e. The Morgan fingerprint density at radius 3 is 2.15 bits per heavy atom. The van der Waals surface area contributed by atoms with Gasteiger partial charge in [0.05, 0.1) is 6.04 Å². The summed E-state index contributed by atoms with van der Waals surface area (Å²) in [5, 5.41) is 6.43. The summed E-state index contributed by atoms with van der Waals surface area (Å²) in [7, 11) is 0. The number of hydrogen-bond acceptors (Lipinski definition) is 3. The highest BCUT2D eigenvalue weighted by Gasteiger charge is 2.26. The molecule has 0 aliphatic heterocycles. The first-order chi connectivity index (χ1) is 12.2. The molecular formula is C20H25ClN2O2S. The zero-order valence-corrected chi connectivity index (χ0v) is 17.3. The summed E-state index contributed by atoms with van der Waals surface area (Å²) in [6.07, 6.45) is 0. The van der Waals surface area contributed by atoms with Crippen molar-refractivity contribution >= 4 is 34.8 Å². The highest BCUT2D eigenvalue weighted by Crippen LogP contribution is 2.26. The third-order valence-electron chi connectivity index (χ3n) is 4.25. The van der Waals surface area contributed by atoms with E-state index in [-0.39, 0.29) is 23.8 Å². The van der Waals surface area contributed by atoms with Crippen molar-refractivity contribution in [3.05, 3.63) is 56.2 Å². The number of carbonyl (C=O) groups excluding carboxylic acids is 2. The van der Waals surface area contributed by atoms with Crippen molar-refractivity contribution in [1.29, 1.82) is 0 Å². The van der Waals surface area contributed by atoms with Gasteiger partial charge in [0.25, 0.3) is 5.91 Å². The predicted octanol–water partition coefficient (Wildman–Crippen LogP) is 4.65. The van der Waals surface area contributed by atoms with E-state index in [9.17, 15) is 9.59 Å². The maximum atomic E-state index is 12.8. The average Bonchev–Trinajstić information content (AvgIpc) is 2.91. The fourth-order valence-electron chi connectivity index (χ4n) is 2.82. The number of aryl methyl sites for hydroxylation is 2. The zero-order valence-electron chi connectivity index (χ0n) is 15.7. The van der Waals surface area contributed by atoms with Crippen LogP contribution in [0.25, 0.3) is 0 Å². The Labute approximate surface area is 164 Å². The first kappa shape index (κ1) is 20.5. The van der Waals surface area contributed by atoms with E-state index in [1.807, 2.05) is 20.8 Å². The standard InChI is InChI=1S/C20H25ClN2O2S/c1-11(2)18(23-19(24)15-6-8-16(21)9-7-15)20(25)22-13(4)17-10-12(3)26-14(17)5/h6-11,13,18H,1-5H3,(H,22,25)(H,23,24)/t13-,18-/m1/s1. The normalized spacial score (nSPS) is 13.3. The van der Waals surface area contributed by atoms with Crippen molar-refractivity contribution in [1.82, 2.24) is 10.6 Å². The molecule has 0 aliphatic carbocycles. The molecule has 2 aromatic rings. The van der Waals surface area contributed by atoms with Crippen LogP contribution in [-0.2, 0) is 4.79 Å². The van der Waals surface area contributed by atoms with Gasteiger partial charge in [-0.2, -0.15) is 0 Å². The summed E-state index contributed by atoms with van der Waals surface area (Å²) < 4.78 is 0. The molecule has 2 amide bonds. The molecule has 6 heteroatoms. The molecule has 1 heterocycles. The van der Waals surface area contributed by atoms with E-state index in [0.717, 1.165) is 5.56 Å². The van der Waals surface area contributed by atoms with Crippen molar-refractivity contribution < 1.29 is 9.59 Å². The van der Waals surface area contributed by atoms with E-state index in [4.69, 9.17) is 11.6 Å². The van der Waals surface area contributed by atoms with Gasteiger partial charge in [-0.1, -0.05) is 25.4 Å². The van der Waals surface area contributed by atoms with Crippen LogP contribution in [0.15, 0.2) is 30.3 Å². The Hall–Kier alpha value is -1.85. The van der Waals surface area contributed by atoms with E-state index >= 15 is 0 Å². The average molecular weight is 393 g/mol. The van der Waals surface area contributed by atoms with E-state index in [2.05, 4.69) is 30.5 Å². The number of rotatable bonds is 6. The van der Waals surface area contributed by atoms with Gasteiger partial charge >= 0.3 is 0 Å². The Morgan fingerprint density at radius 2 is 1.65 bits per heavy atom. The SMILES string of the molecule is Cc1cc([C@@H](C)NC(=O)[C@H](NC(=O)c2ccc(Cl)cc2)C(C)C)c(C)s1. The molecule has 0 saturated heterocycles. The van der Waals surface area contributed by atoms with Gasteiger partial charge in [0, 0.05) is 20.3 Å². The fourth-order valence-corrected chi connectivity index (χ4v) is 3.97. The van der Waals surface area contributed by atoms with Crippen molar-refractivity contribution in [3.63, 3.8) is 0 Å². The number of thiophene rings is 1. The predicted molar refractivity (Wildman–Crippen MR) is 108 cm³/mol. The van der Waals surface area contributed by atoms with Crippen LogP contribution in [-0.4, -0.2) is 17.9 Å². The van der Waals surface area contributed by atoms with Gasteiger partial charge in [-0.25, -0.2) is 0 Å². The highest BCUT2D eigenvalue weighted by atomic mass is 35.5. The molecule has 2 N–H and O–H groups in total. The first-order valence-corrected chi connectivity index (χ1v) is 9.82. The van der Waals surface area contributed by atoms with Crippen LogP contribution < -0.4 is 10.6 Å². The van der Waals surface area contributed by atoms with Gasteiger partial charge in [-0.05, 0) is 62.6 Å². The topological polar surface area (TPSA) is 58.2 Å². The number of nitrogens with one attached hydrogen (secondary N) is 2. The molecule has 0 saturated carbocycles. The lowest BCUT2D eigenvalue weighted by Crippen LogP contribution is -2.50. The lowest BCUT2D eigenvalue weighted by molar-refractivity contribution is -0.124. The summed E-state index contributed by atoms with van der Waals surface area (Å²) in [6.45, 7) is 9.90. The van der Waals surface area contributed by atoms with Crippen LogP contribution in [0.3, 0.4) is 0 Å². The minimum Gasteiger partial charge on any atom is -0.348 e. The first-order valence-electron chi connectivity index (χ1n) is 8.62. The molecule has 2 atom stereocenters. The molecule has 1 aromatic carbocycles. The Balaban J connectivity index is 2.08. The Kier molecular flexibility index (Phi) is 6.84. The Morgan fingerprint density at radius 1 is 1.04 bits per heavy atom. The number of carbonyl (C=O) groups is 2. The molecule has 1 aromatic heterocycles. The molecule has 0 bridgehead atoms. The third kappa shape index (κ3) is 5.08. The van der Waals surface area contributed by atoms with E-state index in [1.165, 1.54) is 9.75 Å². The smallest absolute Gasteiger partial charge is 0.251 e. The van der Waals surface area contributed by atoms with Crippen molar-refractivity contribution in [2.45, 2.75) is 46.7 Å². The molecule has 0 aliphatic rings.